The quantitative estimate of drug-likeness (QED) is 0.483. The number of alkyl halides is 3. The first-order valence-corrected chi connectivity index (χ1v) is 11.3. The maximum atomic E-state index is 13.9. The van der Waals surface area contributed by atoms with Crippen LogP contribution in [0.4, 0.5) is 34.9 Å². The summed E-state index contributed by atoms with van der Waals surface area (Å²) in [6.07, 6.45) is -3.40. The van der Waals surface area contributed by atoms with Crippen molar-refractivity contribution in [1.82, 2.24) is 14.8 Å². The Bertz CT molecular complexity index is 1450. The largest absolute Gasteiger partial charge is 0.416 e. The van der Waals surface area contributed by atoms with Gasteiger partial charge in [0.1, 0.15) is 17.7 Å². The first kappa shape index (κ1) is 22.5. The highest BCUT2D eigenvalue weighted by Gasteiger charge is 2.43. The number of nitrogens with zero attached hydrogens (tertiary/aromatic N) is 5. The number of carbonyl (C=O) groups is 2. The summed E-state index contributed by atoms with van der Waals surface area (Å²) in [6.45, 7) is -2.00. The average Bonchev–Trinajstić information content (AvgIpc) is 3.46. The summed E-state index contributed by atoms with van der Waals surface area (Å²) in [5.41, 5.74) is -1.29. The topological polar surface area (TPSA) is 83.4 Å². The van der Waals surface area contributed by atoms with Crippen LogP contribution in [0.15, 0.2) is 42.6 Å². The molecule has 0 aliphatic carbocycles. The maximum absolute atomic E-state index is 13.9. The Morgan fingerprint density at radius 2 is 2.00 bits per heavy atom. The number of anilines is 3. The third kappa shape index (κ3) is 5.68. The van der Waals surface area contributed by atoms with E-state index in [1.54, 1.807) is 13.2 Å². The number of amides is 2. The molecule has 0 spiro atoms. The molecule has 4 rings (SSSR count). The predicted molar refractivity (Wildman–Crippen MR) is 130 cm³/mol. The maximum Gasteiger partial charge on any atom is 0.416 e. The Labute approximate surface area is 219 Å². The minimum Gasteiger partial charge on any atom is -0.344 e. The van der Waals surface area contributed by atoms with Crippen molar-refractivity contribution in [3.05, 3.63) is 64.7 Å². The molecule has 3 aromatic rings. The third-order valence-corrected chi connectivity index (χ3v) is 6.15. The Morgan fingerprint density at radius 1 is 1.24 bits per heavy atom. The van der Waals surface area contributed by atoms with Crippen molar-refractivity contribution in [1.29, 1.82) is 0 Å². The summed E-state index contributed by atoms with van der Waals surface area (Å²) < 4.78 is 80.0. The van der Waals surface area contributed by atoms with Crippen molar-refractivity contribution in [2.24, 2.45) is 13.0 Å². The van der Waals surface area contributed by atoms with Crippen molar-refractivity contribution < 1.29 is 31.3 Å². The van der Waals surface area contributed by atoms with E-state index in [1.165, 1.54) is 22.6 Å². The number of hydrogen-bond acceptors (Lipinski definition) is 5. The molecule has 1 aromatic carbocycles. The van der Waals surface area contributed by atoms with E-state index in [0.29, 0.717) is 4.90 Å². The number of likely N-dealkylation sites (N-methyl/N-ethyl adjacent to an activating group) is 1. The number of benzene rings is 1. The van der Waals surface area contributed by atoms with Gasteiger partial charge in [-0.15, -0.1) is 0 Å². The number of nitrogens with one attached hydrogen (secondary N) is 1. The number of carbonyl (C=O) groups excluding carboxylic acids is 2. The molecule has 0 unspecified atom stereocenters. The van der Waals surface area contributed by atoms with Gasteiger partial charge in [0.25, 0.3) is 0 Å². The molecule has 196 valence electrons. The summed E-state index contributed by atoms with van der Waals surface area (Å²) in [5, 5.41) is 6.22. The first-order chi connectivity index (χ1) is 18.5. The number of rotatable bonds is 5. The van der Waals surface area contributed by atoms with E-state index in [4.69, 9.17) is 15.7 Å². The zero-order valence-corrected chi connectivity index (χ0v) is 20.3. The van der Waals surface area contributed by atoms with Crippen molar-refractivity contribution >= 4 is 40.7 Å². The van der Waals surface area contributed by atoms with Gasteiger partial charge in [-0.05, 0) is 43.7 Å². The Hall–Kier alpha value is -3.67. The van der Waals surface area contributed by atoms with Gasteiger partial charge >= 0.3 is 6.18 Å². The number of aromatic nitrogens is 3. The number of pyridine rings is 1. The molecule has 3 heterocycles. The van der Waals surface area contributed by atoms with Crippen LogP contribution in [0.5, 0.6) is 0 Å². The number of halogens is 5. The summed E-state index contributed by atoms with van der Waals surface area (Å²) in [5.74, 6) is -3.49. The highest BCUT2D eigenvalue weighted by Crippen LogP contribution is 2.36. The summed E-state index contributed by atoms with van der Waals surface area (Å²) in [4.78, 5) is 32.7. The Morgan fingerprint density at radius 3 is 2.62 bits per heavy atom. The van der Waals surface area contributed by atoms with Crippen molar-refractivity contribution in [2.45, 2.75) is 25.6 Å². The molecule has 37 heavy (non-hydrogen) atoms. The zero-order chi connectivity index (χ0) is 29.6. The monoisotopic (exact) mass is 541 g/mol. The molecule has 0 saturated carbocycles. The van der Waals surface area contributed by atoms with Crippen LogP contribution in [0.1, 0.15) is 21.8 Å². The molecular formula is C24H23ClF4N6O2. The summed E-state index contributed by atoms with van der Waals surface area (Å²) in [7, 11) is 1.63. The second-order valence-corrected chi connectivity index (χ2v) is 9.00. The lowest BCUT2D eigenvalue weighted by Gasteiger charge is -2.29. The van der Waals surface area contributed by atoms with E-state index in [1.807, 2.05) is 0 Å². The molecule has 2 amide bonds. The molecule has 2 atom stereocenters. The Kier molecular flexibility index (Phi) is 6.09. The van der Waals surface area contributed by atoms with E-state index >= 15 is 0 Å². The second kappa shape index (κ2) is 10.0. The van der Waals surface area contributed by atoms with Crippen LogP contribution < -0.4 is 15.1 Å². The van der Waals surface area contributed by atoms with Gasteiger partial charge in [-0.2, -0.15) is 18.3 Å². The molecule has 0 radical (unpaired) electrons. The lowest BCUT2D eigenvalue weighted by atomic mass is 10.0. The zero-order valence-electron chi connectivity index (χ0n) is 22.6. The van der Waals surface area contributed by atoms with Crippen LogP contribution >= 0.6 is 11.6 Å². The van der Waals surface area contributed by atoms with Gasteiger partial charge in [-0.3, -0.25) is 14.3 Å². The van der Waals surface area contributed by atoms with Gasteiger partial charge in [-0.25, -0.2) is 9.37 Å². The highest BCUT2D eigenvalue weighted by atomic mass is 35.5. The van der Waals surface area contributed by atoms with Gasteiger partial charge in [0.2, 0.25) is 11.8 Å². The first-order valence-electron chi connectivity index (χ1n) is 12.5. The van der Waals surface area contributed by atoms with Crippen molar-refractivity contribution in [3.63, 3.8) is 0 Å². The molecule has 0 bridgehead atoms. The molecule has 1 N–H and O–H groups in total. The lowest BCUT2D eigenvalue weighted by molar-refractivity contribution is -0.137. The SMILES string of the molecule is [2H]C([2H])([2H])N(C(=O)[C@@H]1C[C@H](C(=O)Nc2ccn(C)n2)CN1c1cc(C(F)(F)F)cc(C)n1)c1ccc(F)c(Cl)c1. The van der Waals surface area contributed by atoms with Crippen molar-refractivity contribution in [3.8, 4) is 0 Å². The van der Waals surface area contributed by atoms with Gasteiger partial charge in [0.05, 0.1) is 16.5 Å². The molecule has 2 aromatic heterocycles. The fourth-order valence-corrected chi connectivity index (χ4v) is 4.26. The third-order valence-electron chi connectivity index (χ3n) is 5.87. The van der Waals surface area contributed by atoms with Crippen LogP contribution in [-0.4, -0.2) is 46.1 Å². The summed E-state index contributed by atoms with van der Waals surface area (Å²) >= 11 is 5.83. The number of aryl methyl sites for hydroxylation is 2. The van der Waals surface area contributed by atoms with Crippen LogP contribution in [-0.2, 0) is 22.8 Å². The smallest absolute Gasteiger partial charge is 0.344 e. The van der Waals surface area contributed by atoms with Gasteiger partial charge < -0.3 is 15.1 Å². The van der Waals surface area contributed by atoms with Crippen molar-refractivity contribution in [2.75, 3.05) is 28.6 Å². The molecule has 1 fully saturated rings. The minimum atomic E-state index is -4.73. The Balaban J connectivity index is 1.76. The molecule has 1 saturated heterocycles. The van der Waals surface area contributed by atoms with Gasteiger partial charge in [0, 0.05) is 48.3 Å². The standard InChI is InChI=1S/C24H23ClF4N6O2/c1-13-8-15(24(27,28)29)10-21(30-13)35-12-14(22(36)31-20-6-7-33(2)32-20)9-19(35)23(37)34(3)16-4-5-18(26)17(25)11-16/h4-8,10-11,14,19H,9,12H2,1-3H3,(H,31,32,36)/t14-,19-/m0/s1/i3D3. The minimum absolute atomic E-state index is 0.00425. The van der Waals surface area contributed by atoms with Crippen LogP contribution in [0.3, 0.4) is 0 Å². The van der Waals surface area contributed by atoms with Gasteiger partial charge in [-0.1, -0.05) is 11.6 Å². The van der Waals surface area contributed by atoms with E-state index in [-0.39, 0.29) is 36.0 Å². The normalized spacial score (nSPS) is 19.2. The molecule has 1 aliphatic heterocycles. The fraction of sp³-hybridized carbons (Fsp3) is 0.333. The lowest BCUT2D eigenvalue weighted by Crippen LogP contribution is -2.44. The van der Waals surface area contributed by atoms with E-state index in [2.05, 4.69) is 15.4 Å². The number of hydrogen-bond donors (Lipinski definition) is 1. The van der Waals surface area contributed by atoms with E-state index in [0.717, 1.165) is 30.3 Å². The summed E-state index contributed by atoms with van der Waals surface area (Å²) in [6, 6.07) is 4.56. The fourth-order valence-electron chi connectivity index (χ4n) is 4.09. The predicted octanol–water partition coefficient (Wildman–Crippen LogP) is 4.43. The molecular weight excluding hydrogens is 516 g/mol. The highest BCUT2D eigenvalue weighted by molar-refractivity contribution is 6.31. The van der Waals surface area contributed by atoms with E-state index < -0.39 is 53.3 Å². The van der Waals surface area contributed by atoms with Crippen LogP contribution in [0.25, 0.3) is 0 Å². The second-order valence-electron chi connectivity index (χ2n) is 8.59. The van der Waals surface area contributed by atoms with Crippen LogP contribution in [0, 0.1) is 18.7 Å². The van der Waals surface area contributed by atoms with Crippen LogP contribution in [0.2, 0.25) is 5.02 Å². The average molecular weight is 542 g/mol. The molecule has 8 nitrogen and oxygen atoms in total. The molecule has 13 heteroatoms. The van der Waals surface area contributed by atoms with E-state index in [9.17, 15) is 27.2 Å². The molecule has 1 aliphatic rings. The van der Waals surface area contributed by atoms with Gasteiger partial charge in [0.15, 0.2) is 5.82 Å².